The van der Waals surface area contributed by atoms with Crippen LogP contribution in [0.15, 0.2) is 18.2 Å². The van der Waals surface area contributed by atoms with Crippen LogP contribution in [0.25, 0.3) is 0 Å². The van der Waals surface area contributed by atoms with Gasteiger partial charge in [-0.1, -0.05) is 0 Å². The first kappa shape index (κ1) is 15.2. The van der Waals surface area contributed by atoms with E-state index in [9.17, 15) is 14.4 Å². The average molecular weight is 290 g/mol. The van der Waals surface area contributed by atoms with E-state index >= 15 is 0 Å². The van der Waals surface area contributed by atoms with E-state index in [0.29, 0.717) is 19.1 Å². The molecule has 1 aliphatic heterocycles. The van der Waals surface area contributed by atoms with Gasteiger partial charge in [-0.25, -0.2) is 4.79 Å². The fourth-order valence-corrected chi connectivity index (χ4v) is 2.14. The number of imide groups is 1. The summed E-state index contributed by atoms with van der Waals surface area (Å²) in [6.45, 7) is 4.93. The second-order valence-electron chi connectivity index (χ2n) is 5.40. The maximum atomic E-state index is 12.3. The van der Waals surface area contributed by atoms with Crippen LogP contribution in [0.1, 0.15) is 44.9 Å². The van der Waals surface area contributed by atoms with E-state index in [1.54, 1.807) is 0 Å². The molecule has 112 valence electrons. The molecule has 0 aliphatic carbocycles. The molecule has 0 radical (unpaired) electrons. The number of rotatable bonds is 5. The number of likely N-dealkylation sites (N-methyl/N-ethyl adjacent to an activating group) is 1. The van der Waals surface area contributed by atoms with Gasteiger partial charge in [-0.05, 0) is 39.1 Å². The molecule has 6 nitrogen and oxygen atoms in total. The van der Waals surface area contributed by atoms with E-state index in [1.807, 2.05) is 25.8 Å². The summed E-state index contributed by atoms with van der Waals surface area (Å²) in [5, 5.41) is 8.95. The molecule has 1 aliphatic rings. The Morgan fingerprint density at radius 1 is 1.24 bits per heavy atom. The van der Waals surface area contributed by atoms with Gasteiger partial charge in [-0.15, -0.1) is 0 Å². The lowest BCUT2D eigenvalue weighted by Crippen LogP contribution is -2.39. The van der Waals surface area contributed by atoms with Gasteiger partial charge in [0.25, 0.3) is 11.8 Å². The van der Waals surface area contributed by atoms with Crippen molar-refractivity contribution in [1.82, 2.24) is 9.80 Å². The van der Waals surface area contributed by atoms with Gasteiger partial charge in [0.2, 0.25) is 0 Å². The number of carboxylic acids is 1. The summed E-state index contributed by atoms with van der Waals surface area (Å²) in [6.07, 6.45) is 0. The molecule has 0 atom stereocenters. The van der Waals surface area contributed by atoms with Gasteiger partial charge in [-0.3, -0.25) is 14.5 Å². The molecule has 0 aromatic heterocycles. The van der Waals surface area contributed by atoms with Gasteiger partial charge in [0, 0.05) is 19.1 Å². The van der Waals surface area contributed by atoms with Crippen molar-refractivity contribution in [3.8, 4) is 0 Å². The third-order valence-electron chi connectivity index (χ3n) is 3.78. The summed E-state index contributed by atoms with van der Waals surface area (Å²) in [4.78, 5) is 38.6. The second kappa shape index (κ2) is 5.65. The molecular weight excluding hydrogens is 272 g/mol. The summed E-state index contributed by atoms with van der Waals surface area (Å²) >= 11 is 0. The van der Waals surface area contributed by atoms with Gasteiger partial charge in [0.15, 0.2) is 0 Å². The first-order chi connectivity index (χ1) is 9.82. The number of benzene rings is 1. The molecular formula is C15H18N2O4. The van der Waals surface area contributed by atoms with Gasteiger partial charge >= 0.3 is 5.97 Å². The summed E-state index contributed by atoms with van der Waals surface area (Å²) in [6, 6.07) is 4.34. The zero-order valence-corrected chi connectivity index (χ0v) is 12.3. The zero-order chi connectivity index (χ0) is 15.7. The number of nitrogens with zero attached hydrogens (tertiary/aromatic N) is 2. The smallest absolute Gasteiger partial charge is 0.335 e. The van der Waals surface area contributed by atoms with Crippen LogP contribution < -0.4 is 0 Å². The van der Waals surface area contributed by atoms with E-state index < -0.39 is 11.9 Å². The predicted octanol–water partition coefficient (Wildman–Crippen LogP) is 1.32. The molecule has 0 bridgehead atoms. The Bertz CT molecular complexity index is 610. The lowest BCUT2D eigenvalue weighted by Gasteiger charge is -2.23. The van der Waals surface area contributed by atoms with E-state index in [1.165, 1.54) is 23.1 Å². The predicted molar refractivity (Wildman–Crippen MR) is 76.5 cm³/mol. The van der Waals surface area contributed by atoms with Gasteiger partial charge < -0.3 is 10.0 Å². The highest BCUT2D eigenvalue weighted by atomic mass is 16.4. The molecule has 0 saturated heterocycles. The fraction of sp³-hybridized carbons (Fsp3) is 0.400. The monoisotopic (exact) mass is 290 g/mol. The number of hydrogen-bond donors (Lipinski definition) is 1. The number of fused-ring (bicyclic) bond motifs is 1. The van der Waals surface area contributed by atoms with Crippen LogP contribution in [0.5, 0.6) is 0 Å². The fourth-order valence-electron chi connectivity index (χ4n) is 2.14. The number of aromatic carboxylic acids is 1. The summed E-state index contributed by atoms with van der Waals surface area (Å²) in [5.41, 5.74) is 0.459. The Balaban J connectivity index is 2.20. The van der Waals surface area contributed by atoms with E-state index in [0.717, 1.165) is 0 Å². The van der Waals surface area contributed by atoms with Crippen molar-refractivity contribution in [1.29, 1.82) is 0 Å². The highest BCUT2D eigenvalue weighted by Crippen LogP contribution is 2.24. The molecule has 2 amide bonds. The van der Waals surface area contributed by atoms with Crippen LogP contribution in [0.3, 0.4) is 0 Å². The number of carboxylic acid groups (broad SMARTS) is 1. The quantitative estimate of drug-likeness (QED) is 0.828. The van der Waals surface area contributed by atoms with Crippen LogP contribution in [-0.4, -0.2) is 58.9 Å². The highest BCUT2D eigenvalue weighted by Gasteiger charge is 2.35. The SMILES string of the molecule is CC(C)N(C)CCN1C(=O)c2ccc(C(=O)O)cc2C1=O. The Hall–Kier alpha value is -2.21. The molecule has 1 N–H and O–H groups in total. The van der Waals surface area contributed by atoms with E-state index in [-0.39, 0.29) is 22.6 Å². The highest BCUT2D eigenvalue weighted by molar-refractivity contribution is 6.21. The number of carbonyl (C=O) groups is 3. The molecule has 0 spiro atoms. The third-order valence-corrected chi connectivity index (χ3v) is 3.78. The molecule has 6 heteroatoms. The van der Waals surface area contributed by atoms with Crippen molar-refractivity contribution in [3.63, 3.8) is 0 Å². The Morgan fingerprint density at radius 2 is 1.86 bits per heavy atom. The van der Waals surface area contributed by atoms with Gasteiger partial charge in [-0.2, -0.15) is 0 Å². The van der Waals surface area contributed by atoms with E-state index in [2.05, 4.69) is 0 Å². The molecule has 21 heavy (non-hydrogen) atoms. The average Bonchev–Trinajstić information content (AvgIpc) is 2.68. The summed E-state index contributed by atoms with van der Waals surface area (Å²) in [7, 11) is 1.92. The van der Waals surface area contributed by atoms with Crippen molar-refractivity contribution in [2.24, 2.45) is 0 Å². The Morgan fingerprint density at radius 3 is 2.43 bits per heavy atom. The number of carbonyl (C=O) groups excluding carboxylic acids is 2. The lowest BCUT2D eigenvalue weighted by atomic mass is 10.1. The van der Waals surface area contributed by atoms with Crippen LogP contribution >= 0.6 is 0 Å². The van der Waals surface area contributed by atoms with Crippen LogP contribution in [-0.2, 0) is 0 Å². The molecule has 1 heterocycles. The topological polar surface area (TPSA) is 77.9 Å². The largest absolute Gasteiger partial charge is 0.478 e. The molecule has 0 fully saturated rings. The molecule has 2 rings (SSSR count). The Kier molecular flexibility index (Phi) is 4.09. The second-order valence-corrected chi connectivity index (χ2v) is 5.40. The molecule has 0 unspecified atom stereocenters. The summed E-state index contributed by atoms with van der Waals surface area (Å²) < 4.78 is 0. The van der Waals surface area contributed by atoms with Crippen molar-refractivity contribution < 1.29 is 19.5 Å². The number of hydrogen-bond acceptors (Lipinski definition) is 4. The molecule has 1 aromatic rings. The van der Waals surface area contributed by atoms with Crippen LogP contribution in [0.4, 0.5) is 0 Å². The van der Waals surface area contributed by atoms with Crippen molar-refractivity contribution >= 4 is 17.8 Å². The minimum absolute atomic E-state index is 0.0102. The summed E-state index contributed by atoms with van der Waals surface area (Å²) in [5.74, 6) is -1.89. The van der Waals surface area contributed by atoms with Crippen LogP contribution in [0.2, 0.25) is 0 Å². The minimum Gasteiger partial charge on any atom is -0.478 e. The standard InChI is InChI=1S/C15H18N2O4/c1-9(2)16(3)6-7-17-13(18)11-5-4-10(15(20)21)8-12(11)14(17)19/h4-5,8-9H,6-7H2,1-3H3,(H,20,21). The van der Waals surface area contributed by atoms with Gasteiger partial charge in [0.05, 0.1) is 16.7 Å². The van der Waals surface area contributed by atoms with Crippen molar-refractivity contribution in [3.05, 3.63) is 34.9 Å². The first-order valence-corrected chi connectivity index (χ1v) is 6.76. The van der Waals surface area contributed by atoms with Crippen molar-refractivity contribution in [2.75, 3.05) is 20.1 Å². The maximum absolute atomic E-state index is 12.3. The van der Waals surface area contributed by atoms with Gasteiger partial charge in [0.1, 0.15) is 0 Å². The van der Waals surface area contributed by atoms with Crippen LogP contribution in [0, 0.1) is 0 Å². The molecule has 0 saturated carbocycles. The van der Waals surface area contributed by atoms with Crippen molar-refractivity contribution in [2.45, 2.75) is 19.9 Å². The zero-order valence-electron chi connectivity index (χ0n) is 12.3. The first-order valence-electron chi connectivity index (χ1n) is 6.76. The third kappa shape index (κ3) is 2.80. The molecule has 1 aromatic carbocycles. The normalized spacial score (nSPS) is 14.2. The lowest BCUT2D eigenvalue weighted by molar-refractivity contribution is 0.0634. The Labute approximate surface area is 123 Å². The number of amides is 2. The maximum Gasteiger partial charge on any atom is 0.335 e. The van der Waals surface area contributed by atoms with E-state index in [4.69, 9.17) is 5.11 Å². The minimum atomic E-state index is -1.11.